The van der Waals surface area contributed by atoms with Crippen molar-refractivity contribution in [2.75, 3.05) is 0 Å². The van der Waals surface area contributed by atoms with Gasteiger partial charge >= 0.3 is 0 Å². The van der Waals surface area contributed by atoms with E-state index in [1.807, 2.05) is 26.8 Å². The molecule has 2 N–H and O–H groups in total. The van der Waals surface area contributed by atoms with E-state index in [0.29, 0.717) is 23.3 Å². The molecule has 0 aliphatic carbocycles. The third-order valence-electron chi connectivity index (χ3n) is 2.54. The molecule has 0 atom stereocenters. The summed E-state index contributed by atoms with van der Waals surface area (Å²) >= 11 is 1.37. The van der Waals surface area contributed by atoms with Gasteiger partial charge < -0.3 is 5.32 Å². The molecule has 0 bridgehead atoms. The third-order valence-corrected chi connectivity index (χ3v) is 3.51. The standard InChI is InChI=1S/C13H17FN4S/c1-8(2)15-7-10-11(14)5-4-6-12(10)19-13-16-9(3)17-18-13/h4-6,8,15H,7H2,1-3H3,(H,16,17,18). The third kappa shape index (κ3) is 3.78. The summed E-state index contributed by atoms with van der Waals surface area (Å²) in [4.78, 5) is 5.07. The van der Waals surface area contributed by atoms with Crippen LogP contribution in [0.1, 0.15) is 25.2 Å². The van der Waals surface area contributed by atoms with Gasteiger partial charge in [-0.2, -0.15) is 0 Å². The molecule has 0 aliphatic heterocycles. The van der Waals surface area contributed by atoms with Crippen molar-refractivity contribution in [2.24, 2.45) is 0 Å². The lowest BCUT2D eigenvalue weighted by Gasteiger charge is -2.12. The molecule has 2 rings (SSSR count). The summed E-state index contributed by atoms with van der Waals surface area (Å²) in [6.45, 7) is 6.40. The lowest BCUT2D eigenvalue weighted by Crippen LogP contribution is -2.22. The van der Waals surface area contributed by atoms with Crippen LogP contribution in [-0.2, 0) is 6.54 Å². The summed E-state index contributed by atoms with van der Waals surface area (Å²) in [6.07, 6.45) is 0. The summed E-state index contributed by atoms with van der Waals surface area (Å²) in [5.41, 5.74) is 0.656. The molecule has 0 amide bonds. The molecule has 102 valence electrons. The fraction of sp³-hybridized carbons (Fsp3) is 0.385. The van der Waals surface area contributed by atoms with E-state index in [0.717, 1.165) is 10.7 Å². The first-order valence-electron chi connectivity index (χ1n) is 6.14. The Morgan fingerprint density at radius 1 is 1.42 bits per heavy atom. The zero-order valence-electron chi connectivity index (χ0n) is 11.2. The van der Waals surface area contributed by atoms with E-state index < -0.39 is 0 Å². The minimum absolute atomic E-state index is 0.203. The molecular formula is C13H17FN4S. The number of hydrogen-bond donors (Lipinski definition) is 2. The molecule has 0 saturated carbocycles. The van der Waals surface area contributed by atoms with Crippen molar-refractivity contribution in [3.63, 3.8) is 0 Å². The maximum absolute atomic E-state index is 13.9. The number of aromatic amines is 1. The van der Waals surface area contributed by atoms with Gasteiger partial charge in [-0.05, 0) is 30.8 Å². The van der Waals surface area contributed by atoms with Crippen LogP contribution in [0, 0.1) is 12.7 Å². The van der Waals surface area contributed by atoms with E-state index in [1.165, 1.54) is 17.8 Å². The zero-order valence-corrected chi connectivity index (χ0v) is 12.0. The molecule has 4 nitrogen and oxygen atoms in total. The molecule has 0 unspecified atom stereocenters. The molecular weight excluding hydrogens is 263 g/mol. The number of benzene rings is 1. The van der Waals surface area contributed by atoms with Gasteiger partial charge in [-0.3, -0.25) is 5.10 Å². The number of hydrogen-bond acceptors (Lipinski definition) is 4. The molecule has 19 heavy (non-hydrogen) atoms. The average Bonchev–Trinajstić information content (AvgIpc) is 2.74. The zero-order chi connectivity index (χ0) is 13.8. The topological polar surface area (TPSA) is 53.6 Å². The Morgan fingerprint density at radius 3 is 2.84 bits per heavy atom. The first kappa shape index (κ1) is 14.0. The van der Waals surface area contributed by atoms with Crippen molar-refractivity contribution in [1.29, 1.82) is 0 Å². The molecule has 1 aromatic carbocycles. The van der Waals surface area contributed by atoms with Gasteiger partial charge in [0.05, 0.1) is 0 Å². The van der Waals surface area contributed by atoms with E-state index in [-0.39, 0.29) is 5.82 Å². The minimum atomic E-state index is -0.203. The van der Waals surface area contributed by atoms with Crippen LogP contribution in [0.15, 0.2) is 28.3 Å². The summed E-state index contributed by atoms with van der Waals surface area (Å²) in [5.74, 6) is 0.547. The molecule has 6 heteroatoms. The highest BCUT2D eigenvalue weighted by Gasteiger charge is 2.12. The Kier molecular flexibility index (Phi) is 4.55. The van der Waals surface area contributed by atoms with E-state index in [9.17, 15) is 4.39 Å². The van der Waals surface area contributed by atoms with Gasteiger partial charge in [-0.15, -0.1) is 5.10 Å². The number of H-pyrrole nitrogens is 1. The molecule has 0 radical (unpaired) electrons. The number of nitrogens with zero attached hydrogens (tertiary/aromatic N) is 2. The smallest absolute Gasteiger partial charge is 0.213 e. The summed E-state index contributed by atoms with van der Waals surface area (Å²) in [5, 5.41) is 10.7. The Labute approximate surface area is 116 Å². The molecule has 0 spiro atoms. The van der Waals surface area contributed by atoms with Gasteiger partial charge in [0.2, 0.25) is 5.16 Å². The first-order chi connectivity index (χ1) is 9.06. The fourth-order valence-corrected chi connectivity index (χ4v) is 2.49. The van der Waals surface area contributed by atoms with Crippen molar-refractivity contribution < 1.29 is 4.39 Å². The first-order valence-corrected chi connectivity index (χ1v) is 6.95. The number of rotatable bonds is 5. The van der Waals surface area contributed by atoms with Crippen molar-refractivity contribution in [3.8, 4) is 0 Å². The normalized spacial score (nSPS) is 11.2. The van der Waals surface area contributed by atoms with Gasteiger partial charge in [0.25, 0.3) is 0 Å². The van der Waals surface area contributed by atoms with Crippen molar-refractivity contribution in [3.05, 3.63) is 35.4 Å². The number of aryl methyl sites for hydroxylation is 1. The monoisotopic (exact) mass is 280 g/mol. The lowest BCUT2D eigenvalue weighted by molar-refractivity contribution is 0.546. The molecule has 2 aromatic rings. The highest BCUT2D eigenvalue weighted by atomic mass is 32.2. The fourth-order valence-electron chi connectivity index (χ4n) is 1.58. The van der Waals surface area contributed by atoms with Gasteiger partial charge in [-0.1, -0.05) is 19.9 Å². The van der Waals surface area contributed by atoms with E-state index in [4.69, 9.17) is 0 Å². The Morgan fingerprint density at radius 2 is 2.21 bits per heavy atom. The Hall–Kier alpha value is -1.40. The number of nitrogens with one attached hydrogen (secondary N) is 2. The molecule has 0 aliphatic rings. The summed E-state index contributed by atoms with van der Waals surface area (Å²) < 4.78 is 13.9. The van der Waals surface area contributed by atoms with E-state index in [2.05, 4.69) is 20.5 Å². The number of aromatic nitrogens is 3. The second kappa shape index (κ2) is 6.16. The van der Waals surface area contributed by atoms with Crippen molar-refractivity contribution in [1.82, 2.24) is 20.5 Å². The Bertz CT molecular complexity index is 553. The van der Waals surface area contributed by atoms with Crippen LogP contribution in [0.2, 0.25) is 0 Å². The van der Waals surface area contributed by atoms with Crippen LogP contribution in [-0.4, -0.2) is 21.2 Å². The second-order valence-corrected chi connectivity index (χ2v) is 5.57. The highest BCUT2D eigenvalue weighted by molar-refractivity contribution is 7.99. The van der Waals surface area contributed by atoms with E-state index in [1.54, 1.807) is 6.07 Å². The van der Waals surface area contributed by atoms with Crippen LogP contribution in [0.5, 0.6) is 0 Å². The average molecular weight is 280 g/mol. The predicted molar refractivity (Wildman–Crippen MR) is 73.6 cm³/mol. The van der Waals surface area contributed by atoms with Crippen LogP contribution >= 0.6 is 11.8 Å². The summed E-state index contributed by atoms with van der Waals surface area (Å²) in [6, 6.07) is 5.38. The SMILES string of the molecule is Cc1nc(Sc2cccc(F)c2CNC(C)C)n[nH]1. The number of halogens is 1. The maximum Gasteiger partial charge on any atom is 0.213 e. The van der Waals surface area contributed by atoms with Crippen molar-refractivity contribution in [2.45, 2.75) is 43.4 Å². The van der Waals surface area contributed by atoms with Gasteiger partial charge in [0.1, 0.15) is 11.6 Å². The lowest BCUT2D eigenvalue weighted by atomic mass is 10.2. The second-order valence-electron chi connectivity index (χ2n) is 4.56. The van der Waals surface area contributed by atoms with Crippen LogP contribution in [0.3, 0.4) is 0 Å². The van der Waals surface area contributed by atoms with Crippen molar-refractivity contribution >= 4 is 11.8 Å². The van der Waals surface area contributed by atoms with Gasteiger partial charge in [-0.25, -0.2) is 9.37 Å². The predicted octanol–water partition coefficient (Wildman–Crippen LogP) is 2.90. The summed E-state index contributed by atoms with van der Waals surface area (Å²) in [7, 11) is 0. The minimum Gasteiger partial charge on any atom is -0.310 e. The van der Waals surface area contributed by atoms with Gasteiger partial charge in [0, 0.05) is 23.0 Å². The molecule has 0 saturated heterocycles. The van der Waals surface area contributed by atoms with Crippen LogP contribution < -0.4 is 5.32 Å². The molecule has 1 heterocycles. The largest absolute Gasteiger partial charge is 0.310 e. The van der Waals surface area contributed by atoms with Gasteiger partial charge in [0.15, 0.2) is 0 Å². The van der Waals surface area contributed by atoms with Crippen LogP contribution in [0.25, 0.3) is 0 Å². The van der Waals surface area contributed by atoms with Crippen LogP contribution in [0.4, 0.5) is 4.39 Å². The molecule has 0 fully saturated rings. The Balaban J connectivity index is 2.21. The quantitative estimate of drug-likeness (QED) is 0.884. The highest BCUT2D eigenvalue weighted by Crippen LogP contribution is 2.29. The van der Waals surface area contributed by atoms with E-state index >= 15 is 0 Å². The maximum atomic E-state index is 13.9. The molecule has 1 aromatic heterocycles.